The molecule has 0 spiro atoms. The normalized spacial score (nSPS) is 16.9. The van der Waals surface area contributed by atoms with Gasteiger partial charge in [0.05, 0.1) is 34.0 Å². The molecule has 5 aromatic rings. The first kappa shape index (κ1) is 25.5. The summed E-state index contributed by atoms with van der Waals surface area (Å²) in [5.74, 6) is 0.903. The molecule has 1 unspecified atom stereocenters. The number of imidazole rings is 1. The molecule has 0 aliphatic carbocycles. The van der Waals surface area contributed by atoms with Crippen LogP contribution in [0.2, 0.25) is 0 Å². The lowest BCUT2D eigenvalue weighted by Gasteiger charge is -2.19. The highest BCUT2D eigenvalue weighted by Gasteiger charge is 2.35. The highest BCUT2D eigenvalue weighted by molar-refractivity contribution is 7.90. The van der Waals surface area contributed by atoms with E-state index in [1.807, 2.05) is 17.6 Å². The monoisotopic (exact) mass is 565 g/mol. The SMILES string of the molecule is CCCS(=O)(=O)N1CCC(n2c(-c3cccnc3N)nc3cnc4c(ccn4S(=O)(=O)c4ccccc4)c32)C1. The summed E-state index contributed by atoms with van der Waals surface area (Å²) in [7, 11) is -7.30. The van der Waals surface area contributed by atoms with E-state index in [0.717, 1.165) is 0 Å². The van der Waals surface area contributed by atoms with E-state index in [-0.39, 0.29) is 34.7 Å². The van der Waals surface area contributed by atoms with Gasteiger partial charge in [0.25, 0.3) is 10.0 Å². The molecule has 202 valence electrons. The van der Waals surface area contributed by atoms with Crippen LogP contribution in [0.4, 0.5) is 5.82 Å². The lowest BCUT2D eigenvalue weighted by Crippen LogP contribution is -2.31. The van der Waals surface area contributed by atoms with Crippen LogP contribution in [0, 0.1) is 0 Å². The molecule has 0 amide bonds. The molecule has 1 aliphatic rings. The van der Waals surface area contributed by atoms with Crippen LogP contribution in [0.1, 0.15) is 25.8 Å². The molecule has 6 rings (SSSR count). The van der Waals surface area contributed by atoms with Crippen molar-refractivity contribution >= 4 is 47.9 Å². The van der Waals surface area contributed by atoms with Gasteiger partial charge in [0.2, 0.25) is 10.0 Å². The first-order valence-corrected chi connectivity index (χ1v) is 15.6. The van der Waals surface area contributed by atoms with Crippen molar-refractivity contribution in [3.63, 3.8) is 0 Å². The van der Waals surface area contributed by atoms with E-state index >= 15 is 0 Å². The molecular formula is C26H27N7O4S2. The number of sulfonamides is 1. The van der Waals surface area contributed by atoms with Crippen LogP contribution in [-0.2, 0) is 20.0 Å². The summed E-state index contributed by atoms with van der Waals surface area (Å²) in [5.41, 5.74) is 8.32. The van der Waals surface area contributed by atoms with E-state index in [9.17, 15) is 16.8 Å². The van der Waals surface area contributed by atoms with E-state index in [1.54, 1.807) is 42.7 Å². The number of nitrogen functional groups attached to an aromatic ring is 1. The summed E-state index contributed by atoms with van der Waals surface area (Å²) in [6.45, 7) is 2.50. The van der Waals surface area contributed by atoms with Crippen LogP contribution in [0.5, 0.6) is 0 Å². The van der Waals surface area contributed by atoms with Crippen molar-refractivity contribution in [2.75, 3.05) is 24.6 Å². The Labute approximate surface area is 226 Å². The summed E-state index contributed by atoms with van der Waals surface area (Å²) in [5, 5.41) is 0.586. The molecule has 1 atom stereocenters. The Bertz CT molecular complexity index is 1920. The molecule has 1 aromatic carbocycles. The number of benzene rings is 1. The van der Waals surface area contributed by atoms with Crippen molar-refractivity contribution < 1.29 is 16.8 Å². The summed E-state index contributed by atoms with van der Waals surface area (Å²) < 4.78 is 57.4. The van der Waals surface area contributed by atoms with Gasteiger partial charge in [0, 0.05) is 30.9 Å². The number of nitrogens with two attached hydrogens (primary N) is 1. The van der Waals surface area contributed by atoms with Crippen molar-refractivity contribution in [1.29, 1.82) is 0 Å². The molecule has 1 fully saturated rings. The minimum absolute atomic E-state index is 0.0845. The maximum absolute atomic E-state index is 13.5. The number of hydrogen-bond acceptors (Lipinski definition) is 8. The zero-order chi connectivity index (χ0) is 27.4. The highest BCUT2D eigenvalue weighted by Crippen LogP contribution is 2.38. The Hall–Kier alpha value is -3.81. The zero-order valence-electron chi connectivity index (χ0n) is 21.2. The van der Waals surface area contributed by atoms with Gasteiger partial charge in [0.1, 0.15) is 17.2 Å². The second-order valence-corrected chi connectivity index (χ2v) is 13.4. The molecule has 2 N–H and O–H groups in total. The minimum atomic E-state index is -3.90. The van der Waals surface area contributed by atoms with E-state index < -0.39 is 20.0 Å². The number of hydrogen-bond donors (Lipinski definition) is 1. The third-order valence-corrected chi connectivity index (χ3v) is 10.8. The second kappa shape index (κ2) is 9.43. The van der Waals surface area contributed by atoms with Gasteiger partial charge in [-0.2, -0.15) is 4.31 Å². The summed E-state index contributed by atoms with van der Waals surface area (Å²) in [6, 6.07) is 13.2. The first-order valence-electron chi connectivity index (χ1n) is 12.6. The lowest BCUT2D eigenvalue weighted by atomic mass is 10.2. The van der Waals surface area contributed by atoms with Gasteiger partial charge in [-0.15, -0.1) is 0 Å². The maximum atomic E-state index is 13.5. The smallest absolute Gasteiger partial charge is 0.269 e. The molecule has 39 heavy (non-hydrogen) atoms. The van der Waals surface area contributed by atoms with Crippen LogP contribution in [0.15, 0.2) is 72.0 Å². The van der Waals surface area contributed by atoms with Crippen LogP contribution < -0.4 is 5.73 Å². The molecule has 5 heterocycles. The van der Waals surface area contributed by atoms with E-state index in [2.05, 4.69) is 9.97 Å². The molecule has 4 aromatic heterocycles. The fourth-order valence-corrected chi connectivity index (χ4v) is 8.14. The molecule has 0 radical (unpaired) electrons. The Morgan fingerprint density at radius 2 is 1.82 bits per heavy atom. The Kier molecular flexibility index (Phi) is 6.16. The molecule has 11 nitrogen and oxygen atoms in total. The van der Waals surface area contributed by atoms with Gasteiger partial charge in [-0.3, -0.25) is 0 Å². The van der Waals surface area contributed by atoms with Crippen LogP contribution in [-0.4, -0.2) is 63.5 Å². The van der Waals surface area contributed by atoms with Gasteiger partial charge in [-0.1, -0.05) is 25.1 Å². The third-order valence-electron chi connectivity index (χ3n) is 7.05. The fraction of sp³-hybridized carbons (Fsp3) is 0.269. The fourth-order valence-electron chi connectivity index (χ4n) is 5.26. The highest BCUT2D eigenvalue weighted by atomic mass is 32.2. The number of fused-ring (bicyclic) bond motifs is 3. The van der Waals surface area contributed by atoms with E-state index in [1.165, 1.54) is 26.6 Å². The molecule has 13 heteroatoms. The van der Waals surface area contributed by atoms with Crippen molar-refractivity contribution in [2.45, 2.75) is 30.7 Å². The maximum Gasteiger partial charge on any atom is 0.269 e. The standard InChI is InChI=1S/C26H27N7O4S2/c1-2-15-38(34,35)31-13-10-18(17-31)33-23-20-11-14-32(39(36,37)19-7-4-3-5-8-19)25(20)29-16-22(23)30-26(33)21-9-6-12-28-24(21)27/h3-9,11-12,14,16,18H,2,10,13,15,17H2,1H3,(H2,27,28). The topological polar surface area (TPSA) is 146 Å². The van der Waals surface area contributed by atoms with Gasteiger partial charge < -0.3 is 10.3 Å². The van der Waals surface area contributed by atoms with Gasteiger partial charge >= 0.3 is 0 Å². The van der Waals surface area contributed by atoms with Gasteiger partial charge in [0.15, 0.2) is 5.65 Å². The molecule has 1 aliphatic heterocycles. The largest absolute Gasteiger partial charge is 0.383 e. The number of pyridine rings is 2. The number of aromatic nitrogens is 5. The van der Waals surface area contributed by atoms with Crippen molar-refractivity contribution in [2.24, 2.45) is 0 Å². The van der Waals surface area contributed by atoms with E-state index in [4.69, 9.17) is 10.7 Å². The molecular weight excluding hydrogens is 538 g/mol. The average molecular weight is 566 g/mol. The third kappa shape index (κ3) is 4.17. The zero-order valence-corrected chi connectivity index (χ0v) is 22.8. The summed E-state index contributed by atoms with van der Waals surface area (Å²) >= 11 is 0. The minimum Gasteiger partial charge on any atom is -0.383 e. The van der Waals surface area contributed by atoms with Crippen LogP contribution in [0.3, 0.4) is 0 Å². The second-order valence-electron chi connectivity index (χ2n) is 9.52. The molecule has 0 bridgehead atoms. The van der Waals surface area contributed by atoms with Gasteiger partial charge in [-0.05, 0) is 43.2 Å². The van der Waals surface area contributed by atoms with Gasteiger partial charge in [-0.25, -0.2) is 35.8 Å². The number of rotatable bonds is 7. The van der Waals surface area contributed by atoms with Crippen molar-refractivity contribution in [3.05, 3.63) is 67.1 Å². The predicted octanol–water partition coefficient (Wildman–Crippen LogP) is 3.25. The van der Waals surface area contributed by atoms with E-state index in [0.29, 0.717) is 47.2 Å². The molecule has 0 saturated carbocycles. The Morgan fingerprint density at radius 1 is 1.03 bits per heavy atom. The molecule has 1 saturated heterocycles. The first-order chi connectivity index (χ1) is 18.7. The van der Waals surface area contributed by atoms with Crippen LogP contribution in [0.25, 0.3) is 33.5 Å². The predicted molar refractivity (Wildman–Crippen MR) is 149 cm³/mol. The number of anilines is 1. The lowest BCUT2D eigenvalue weighted by molar-refractivity contribution is 0.455. The van der Waals surface area contributed by atoms with Crippen molar-refractivity contribution in [1.82, 2.24) is 27.8 Å². The summed E-state index contributed by atoms with van der Waals surface area (Å²) in [4.78, 5) is 13.7. The Morgan fingerprint density at radius 3 is 2.56 bits per heavy atom. The van der Waals surface area contributed by atoms with Crippen LogP contribution >= 0.6 is 0 Å². The average Bonchev–Trinajstić information content (AvgIpc) is 3.66. The van der Waals surface area contributed by atoms with Crippen molar-refractivity contribution in [3.8, 4) is 11.4 Å². The number of nitrogens with zero attached hydrogens (tertiary/aromatic N) is 6. The quantitative estimate of drug-likeness (QED) is 0.316. The Balaban J connectivity index is 1.58. The summed E-state index contributed by atoms with van der Waals surface area (Å²) in [6.07, 6.45) is 5.72.